The number of carbonyl (C=O) groups is 1. The lowest BCUT2D eigenvalue weighted by Gasteiger charge is -2.36. The van der Waals surface area contributed by atoms with E-state index in [-0.39, 0.29) is 5.41 Å². The Labute approximate surface area is 113 Å². The molecule has 1 N–H and O–H groups in total. The highest BCUT2D eigenvalue weighted by atomic mass is 16.1. The number of unbranched alkanes of at least 4 members (excludes halogenated alkanes) is 1. The summed E-state index contributed by atoms with van der Waals surface area (Å²) >= 11 is 0. The first kappa shape index (κ1) is 15.7. The van der Waals surface area contributed by atoms with Crippen molar-refractivity contribution in [2.75, 3.05) is 13.1 Å². The van der Waals surface area contributed by atoms with Crippen molar-refractivity contribution in [3.8, 4) is 0 Å². The molecule has 0 radical (unpaired) electrons. The Balaban J connectivity index is 2.54. The highest BCUT2D eigenvalue weighted by Crippen LogP contribution is 2.36. The predicted molar refractivity (Wildman–Crippen MR) is 77.8 cm³/mol. The van der Waals surface area contributed by atoms with Gasteiger partial charge in [-0.1, -0.05) is 46.5 Å². The zero-order chi connectivity index (χ0) is 13.4. The van der Waals surface area contributed by atoms with E-state index in [4.69, 9.17) is 0 Å². The number of ketones is 1. The Kier molecular flexibility index (Phi) is 6.91. The summed E-state index contributed by atoms with van der Waals surface area (Å²) in [4.78, 5) is 12.7. The number of nitrogens with one attached hydrogen (secondary N) is 1. The molecule has 1 fully saturated rings. The van der Waals surface area contributed by atoms with E-state index in [0.29, 0.717) is 11.7 Å². The van der Waals surface area contributed by atoms with E-state index in [0.717, 1.165) is 45.2 Å². The van der Waals surface area contributed by atoms with Gasteiger partial charge in [0.1, 0.15) is 5.78 Å². The smallest absolute Gasteiger partial charge is 0.139 e. The van der Waals surface area contributed by atoms with Gasteiger partial charge in [-0.05, 0) is 38.3 Å². The van der Waals surface area contributed by atoms with E-state index in [1.54, 1.807) is 0 Å². The third-order valence-electron chi connectivity index (χ3n) is 4.85. The SMILES string of the molecule is CCCCC(CC)CC(=O)C1(CC)CCNCC1. The van der Waals surface area contributed by atoms with Gasteiger partial charge >= 0.3 is 0 Å². The van der Waals surface area contributed by atoms with Crippen LogP contribution in [0.5, 0.6) is 0 Å². The number of piperidine rings is 1. The van der Waals surface area contributed by atoms with Crippen LogP contribution >= 0.6 is 0 Å². The van der Waals surface area contributed by atoms with E-state index in [1.807, 2.05) is 0 Å². The molecule has 0 saturated carbocycles. The Hall–Kier alpha value is -0.370. The summed E-state index contributed by atoms with van der Waals surface area (Å²) in [7, 11) is 0. The van der Waals surface area contributed by atoms with Crippen molar-refractivity contribution in [1.29, 1.82) is 0 Å². The quantitative estimate of drug-likeness (QED) is 0.710. The van der Waals surface area contributed by atoms with E-state index >= 15 is 0 Å². The number of Topliss-reactive ketones (excluding diaryl/α,β-unsaturated/α-hetero) is 1. The van der Waals surface area contributed by atoms with Crippen LogP contribution in [0.2, 0.25) is 0 Å². The molecule has 1 heterocycles. The van der Waals surface area contributed by atoms with E-state index < -0.39 is 0 Å². The summed E-state index contributed by atoms with van der Waals surface area (Å²) in [6, 6.07) is 0. The predicted octanol–water partition coefficient (Wildman–Crippen LogP) is 3.94. The van der Waals surface area contributed by atoms with E-state index in [9.17, 15) is 4.79 Å². The Bertz CT molecular complexity index is 243. The van der Waals surface area contributed by atoms with Crippen LogP contribution in [0.15, 0.2) is 0 Å². The van der Waals surface area contributed by atoms with Crippen LogP contribution in [0.25, 0.3) is 0 Å². The molecule has 106 valence electrons. The van der Waals surface area contributed by atoms with Crippen molar-refractivity contribution >= 4 is 5.78 Å². The third-order valence-corrected chi connectivity index (χ3v) is 4.85. The molecule has 0 bridgehead atoms. The molecular weight excluding hydrogens is 222 g/mol. The largest absolute Gasteiger partial charge is 0.317 e. The lowest BCUT2D eigenvalue weighted by Crippen LogP contribution is -2.42. The van der Waals surface area contributed by atoms with Gasteiger partial charge in [-0.25, -0.2) is 0 Å². The molecule has 1 atom stereocenters. The highest BCUT2D eigenvalue weighted by molar-refractivity contribution is 5.85. The molecule has 0 aromatic carbocycles. The highest BCUT2D eigenvalue weighted by Gasteiger charge is 2.37. The summed E-state index contributed by atoms with van der Waals surface area (Å²) in [5, 5.41) is 3.38. The maximum absolute atomic E-state index is 12.7. The second kappa shape index (κ2) is 7.93. The lowest BCUT2D eigenvalue weighted by molar-refractivity contribution is -0.131. The van der Waals surface area contributed by atoms with Crippen LogP contribution in [0, 0.1) is 11.3 Å². The summed E-state index contributed by atoms with van der Waals surface area (Å²) in [6.45, 7) is 8.69. The van der Waals surface area contributed by atoms with Crippen molar-refractivity contribution in [2.24, 2.45) is 11.3 Å². The monoisotopic (exact) mass is 253 g/mol. The first-order valence-corrected chi connectivity index (χ1v) is 7.92. The zero-order valence-electron chi connectivity index (χ0n) is 12.6. The van der Waals surface area contributed by atoms with Gasteiger partial charge in [0.15, 0.2) is 0 Å². The van der Waals surface area contributed by atoms with Crippen LogP contribution in [-0.2, 0) is 4.79 Å². The Morgan fingerprint density at radius 1 is 1.22 bits per heavy atom. The molecule has 1 rings (SSSR count). The average Bonchev–Trinajstić information content (AvgIpc) is 2.43. The molecule has 1 unspecified atom stereocenters. The van der Waals surface area contributed by atoms with Crippen molar-refractivity contribution in [3.05, 3.63) is 0 Å². The minimum absolute atomic E-state index is 0.00485. The number of hydrogen-bond acceptors (Lipinski definition) is 2. The molecule has 0 aromatic rings. The fourth-order valence-electron chi connectivity index (χ4n) is 3.16. The van der Waals surface area contributed by atoms with Crippen LogP contribution in [0.1, 0.15) is 72.1 Å². The van der Waals surface area contributed by atoms with Gasteiger partial charge in [0.25, 0.3) is 0 Å². The first-order valence-electron chi connectivity index (χ1n) is 7.92. The van der Waals surface area contributed by atoms with E-state index in [1.165, 1.54) is 19.3 Å². The van der Waals surface area contributed by atoms with Crippen molar-refractivity contribution in [3.63, 3.8) is 0 Å². The molecule has 0 amide bonds. The first-order chi connectivity index (χ1) is 8.68. The molecule has 1 aliphatic rings. The molecule has 18 heavy (non-hydrogen) atoms. The summed E-state index contributed by atoms with van der Waals surface area (Å²) < 4.78 is 0. The molecule has 1 aliphatic heterocycles. The summed E-state index contributed by atoms with van der Waals surface area (Å²) in [5.74, 6) is 1.17. The molecule has 2 nitrogen and oxygen atoms in total. The standard InChI is InChI=1S/C16H31NO/c1-4-7-8-14(5-2)13-15(18)16(6-3)9-11-17-12-10-16/h14,17H,4-13H2,1-3H3. The Morgan fingerprint density at radius 3 is 2.39 bits per heavy atom. The van der Waals surface area contributed by atoms with E-state index in [2.05, 4.69) is 26.1 Å². The summed E-state index contributed by atoms with van der Waals surface area (Å²) in [6.07, 6.45) is 8.85. The van der Waals surface area contributed by atoms with Gasteiger partial charge in [0.05, 0.1) is 0 Å². The molecule has 1 saturated heterocycles. The fourth-order valence-corrected chi connectivity index (χ4v) is 3.16. The molecule has 2 heteroatoms. The number of hydrogen-bond donors (Lipinski definition) is 1. The lowest BCUT2D eigenvalue weighted by atomic mass is 9.70. The number of rotatable bonds is 8. The topological polar surface area (TPSA) is 29.1 Å². The minimum Gasteiger partial charge on any atom is -0.317 e. The van der Waals surface area contributed by atoms with Crippen molar-refractivity contribution < 1.29 is 4.79 Å². The maximum Gasteiger partial charge on any atom is 0.139 e. The maximum atomic E-state index is 12.7. The normalized spacial score (nSPS) is 20.6. The Morgan fingerprint density at radius 2 is 1.89 bits per heavy atom. The van der Waals surface area contributed by atoms with Gasteiger partial charge in [0.2, 0.25) is 0 Å². The van der Waals surface area contributed by atoms with Crippen LogP contribution in [0.3, 0.4) is 0 Å². The van der Waals surface area contributed by atoms with Gasteiger partial charge in [-0.2, -0.15) is 0 Å². The van der Waals surface area contributed by atoms with Gasteiger partial charge in [0, 0.05) is 11.8 Å². The van der Waals surface area contributed by atoms with Crippen LogP contribution in [0.4, 0.5) is 0 Å². The van der Waals surface area contributed by atoms with Gasteiger partial charge in [-0.15, -0.1) is 0 Å². The second-order valence-electron chi connectivity index (χ2n) is 5.93. The molecule has 0 aromatic heterocycles. The molecular formula is C16H31NO. The fraction of sp³-hybridized carbons (Fsp3) is 0.938. The van der Waals surface area contributed by atoms with Crippen LogP contribution < -0.4 is 5.32 Å². The molecule has 0 spiro atoms. The van der Waals surface area contributed by atoms with Crippen molar-refractivity contribution in [1.82, 2.24) is 5.32 Å². The van der Waals surface area contributed by atoms with Gasteiger partial charge in [-0.3, -0.25) is 4.79 Å². The van der Waals surface area contributed by atoms with Gasteiger partial charge < -0.3 is 5.32 Å². The van der Waals surface area contributed by atoms with Crippen molar-refractivity contribution in [2.45, 2.75) is 72.1 Å². The number of carbonyl (C=O) groups excluding carboxylic acids is 1. The summed E-state index contributed by atoms with van der Waals surface area (Å²) in [5.41, 5.74) is 0.00485. The third kappa shape index (κ3) is 4.08. The second-order valence-corrected chi connectivity index (χ2v) is 5.93. The average molecular weight is 253 g/mol. The van der Waals surface area contributed by atoms with Crippen LogP contribution in [-0.4, -0.2) is 18.9 Å². The minimum atomic E-state index is 0.00485. The molecule has 0 aliphatic carbocycles. The zero-order valence-corrected chi connectivity index (χ0v) is 12.6.